The molecule has 0 radical (unpaired) electrons. The summed E-state index contributed by atoms with van der Waals surface area (Å²) in [7, 11) is 0. The van der Waals surface area contributed by atoms with Gasteiger partial charge in [0, 0.05) is 69.1 Å². The first-order valence-electron chi connectivity index (χ1n) is 12.1. The third-order valence-electron chi connectivity index (χ3n) is 7.00. The topological polar surface area (TPSA) is 216 Å². The van der Waals surface area contributed by atoms with Gasteiger partial charge in [0.25, 0.3) is 0 Å². The van der Waals surface area contributed by atoms with Crippen LogP contribution in [0.4, 0.5) is 13.2 Å². The van der Waals surface area contributed by atoms with Crippen molar-refractivity contribution < 1.29 is 13.2 Å². The van der Waals surface area contributed by atoms with E-state index in [0.717, 1.165) is 30.6 Å². The second-order valence-corrected chi connectivity index (χ2v) is 9.04. The van der Waals surface area contributed by atoms with E-state index in [1.807, 2.05) is 0 Å². The highest BCUT2D eigenvalue weighted by Crippen LogP contribution is 2.56. The lowest BCUT2D eigenvalue weighted by atomic mass is 9.88. The van der Waals surface area contributed by atoms with E-state index in [9.17, 15) is 50.9 Å². The van der Waals surface area contributed by atoms with E-state index in [2.05, 4.69) is 9.97 Å². The summed E-state index contributed by atoms with van der Waals surface area (Å²) in [5, 5.41) is 79.3. The van der Waals surface area contributed by atoms with E-state index in [-0.39, 0.29) is 55.7 Å². The first kappa shape index (κ1) is 28.7. The molecule has 2 aliphatic carbocycles. The molecule has 0 unspecified atom stereocenters. The molecule has 5 rings (SSSR count). The molecule has 0 saturated carbocycles. The van der Waals surface area contributed by atoms with Crippen LogP contribution in [0.3, 0.4) is 0 Å². The Morgan fingerprint density at radius 1 is 0.511 bits per heavy atom. The fraction of sp³-hybridized carbons (Fsp3) is 0. The Balaban J connectivity index is 2.05. The molecule has 2 aliphatic rings. The van der Waals surface area contributed by atoms with E-state index >= 15 is 4.39 Å². The molecule has 0 amide bonds. The third-order valence-corrected chi connectivity index (χ3v) is 7.00. The standard InChI is InChI=1S/C32H5F3N10/c33-24-2-18(16(8-40)12-44-24)28-22(10-42)30-20(26(28)14(4-36)5-37)1-21-27(15(6-38)7-39)29(23(11-43)31(21)32(30)35)19-3-25(34)45-13-17(19)9-41/h1-3,12-13H. The molecule has 2 aromatic heterocycles. The van der Waals surface area contributed by atoms with Crippen LogP contribution in [0.25, 0.3) is 33.4 Å². The molecule has 13 heteroatoms. The second-order valence-electron chi connectivity index (χ2n) is 9.04. The molecule has 45 heavy (non-hydrogen) atoms. The zero-order chi connectivity index (χ0) is 32.6. The minimum Gasteiger partial charge on any atom is -0.227 e. The van der Waals surface area contributed by atoms with Crippen LogP contribution in [0.15, 0.2) is 41.7 Å². The highest BCUT2D eigenvalue weighted by molar-refractivity contribution is 6.30. The maximum atomic E-state index is 16.9. The Hall–Kier alpha value is -7.81. The number of fused-ring (bicyclic) bond motifs is 2. The van der Waals surface area contributed by atoms with Crippen molar-refractivity contribution in [3.63, 3.8) is 0 Å². The second kappa shape index (κ2) is 10.9. The Labute approximate surface area is 251 Å². The largest absolute Gasteiger partial charge is 0.227 e. The van der Waals surface area contributed by atoms with Gasteiger partial charge in [-0.05, 0) is 17.2 Å². The van der Waals surface area contributed by atoms with Gasteiger partial charge in [0.05, 0.1) is 22.3 Å². The van der Waals surface area contributed by atoms with Gasteiger partial charge >= 0.3 is 0 Å². The normalized spacial score (nSPS) is 12.3. The molecule has 204 valence electrons. The van der Waals surface area contributed by atoms with Gasteiger partial charge in [-0.25, -0.2) is 14.4 Å². The molecule has 1 aromatic carbocycles. The van der Waals surface area contributed by atoms with Crippen molar-refractivity contribution in [2.75, 3.05) is 0 Å². The Morgan fingerprint density at radius 3 is 1.20 bits per heavy atom. The summed E-state index contributed by atoms with van der Waals surface area (Å²) in [5.41, 5.74) is -6.62. The summed E-state index contributed by atoms with van der Waals surface area (Å²) in [4.78, 5) is 6.82. The molecule has 0 N–H and O–H groups in total. The number of nitrogens with zero attached hydrogens (tertiary/aromatic N) is 10. The molecule has 10 nitrogen and oxygen atoms in total. The van der Waals surface area contributed by atoms with Crippen LogP contribution < -0.4 is 0 Å². The average Bonchev–Trinajstić information content (AvgIpc) is 3.55. The van der Waals surface area contributed by atoms with Crippen molar-refractivity contribution in [3.8, 4) is 48.6 Å². The van der Waals surface area contributed by atoms with Crippen LogP contribution >= 0.6 is 0 Å². The highest BCUT2D eigenvalue weighted by atomic mass is 19.1. The number of aromatic nitrogens is 2. The lowest BCUT2D eigenvalue weighted by Crippen LogP contribution is -2.00. The van der Waals surface area contributed by atoms with Crippen LogP contribution in [-0.2, 0) is 0 Å². The number of rotatable bonds is 2. The third kappa shape index (κ3) is 4.05. The maximum absolute atomic E-state index is 16.9. The van der Waals surface area contributed by atoms with Gasteiger partial charge in [0.15, 0.2) is 0 Å². The fourth-order valence-corrected chi connectivity index (χ4v) is 5.31. The molecule has 0 bridgehead atoms. The zero-order valence-electron chi connectivity index (χ0n) is 22.0. The smallest absolute Gasteiger partial charge is 0.213 e. The lowest BCUT2D eigenvalue weighted by Gasteiger charge is -2.13. The first-order valence-corrected chi connectivity index (χ1v) is 12.1. The molecule has 0 fully saturated rings. The molecular weight excluding hydrogens is 581 g/mol. The van der Waals surface area contributed by atoms with Crippen LogP contribution in [0.2, 0.25) is 0 Å². The minimum absolute atomic E-state index is 0.284. The van der Waals surface area contributed by atoms with Gasteiger partial charge in [-0.3, -0.25) is 0 Å². The average molecular weight is 586 g/mol. The van der Waals surface area contributed by atoms with E-state index < -0.39 is 51.1 Å². The van der Waals surface area contributed by atoms with Crippen molar-refractivity contribution >= 4 is 33.4 Å². The van der Waals surface area contributed by atoms with E-state index in [1.165, 1.54) is 0 Å². The fourth-order valence-electron chi connectivity index (χ4n) is 5.31. The van der Waals surface area contributed by atoms with Gasteiger partial charge in [0.2, 0.25) is 11.9 Å². The monoisotopic (exact) mass is 586 g/mol. The van der Waals surface area contributed by atoms with Crippen LogP contribution in [-0.4, -0.2) is 9.97 Å². The van der Waals surface area contributed by atoms with Crippen molar-refractivity contribution in [3.05, 3.63) is 104 Å². The Morgan fingerprint density at radius 2 is 0.889 bits per heavy atom. The van der Waals surface area contributed by atoms with E-state index in [0.29, 0.717) is 0 Å². The predicted octanol–water partition coefficient (Wildman–Crippen LogP) is 5.13. The van der Waals surface area contributed by atoms with E-state index in [1.54, 1.807) is 48.6 Å². The van der Waals surface area contributed by atoms with Crippen molar-refractivity contribution in [2.24, 2.45) is 0 Å². The molecule has 0 aliphatic heterocycles. The van der Waals surface area contributed by atoms with Crippen LogP contribution in [0, 0.1) is 108 Å². The molecule has 0 atom stereocenters. The zero-order valence-corrected chi connectivity index (χ0v) is 22.0. The number of nitriles is 8. The SMILES string of the molecule is N#CC(C#N)=C1C(c2cc(F)ncc2C#N)=C(C#N)c2c1cc1c(c2F)C(C#N)=C(c2cc(F)ncc2C#N)C1=C(C#N)C#N. The molecule has 3 aromatic rings. The number of allylic oxidation sites excluding steroid dienone is 8. The summed E-state index contributed by atoms with van der Waals surface area (Å²) in [6.07, 6.45) is 1.69. The Kier molecular flexibility index (Phi) is 6.94. The van der Waals surface area contributed by atoms with Crippen molar-refractivity contribution in [1.29, 1.82) is 42.1 Å². The number of halogens is 3. The molecule has 2 heterocycles. The van der Waals surface area contributed by atoms with Crippen LogP contribution in [0.1, 0.15) is 44.5 Å². The van der Waals surface area contributed by atoms with Crippen molar-refractivity contribution in [1.82, 2.24) is 9.97 Å². The summed E-state index contributed by atoms with van der Waals surface area (Å²) < 4.78 is 45.6. The molecule has 0 spiro atoms. The number of benzene rings is 1. The summed E-state index contributed by atoms with van der Waals surface area (Å²) >= 11 is 0. The van der Waals surface area contributed by atoms with Gasteiger partial charge in [-0.2, -0.15) is 50.9 Å². The number of pyridine rings is 2. The van der Waals surface area contributed by atoms with Crippen molar-refractivity contribution in [2.45, 2.75) is 0 Å². The van der Waals surface area contributed by atoms with Gasteiger partial charge < -0.3 is 0 Å². The quantitative estimate of drug-likeness (QED) is 0.284. The molecule has 0 saturated heterocycles. The first-order chi connectivity index (χ1) is 21.7. The number of hydrogen-bond donors (Lipinski definition) is 0. The van der Waals surface area contributed by atoms with Gasteiger partial charge in [-0.15, -0.1) is 0 Å². The van der Waals surface area contributed by atoms with Gasteiger partial charge in [-0.1, -0.05) is 0 Å². The molecular formula is C32H5F3N10. The maximum Gasteiger partial charge on any atom is 0.213 e. The van der Waals surface area contributed by atoms with E-state index in [4.69, 9.17) is 0 Å². The van der Waals surface area contributed by atoms with Crippen LogP contribution in [0.5, 0.6) is 0 Å². The highest BCUT2D eigenvalue weighted by Gasteiger charge is 2.41. The van der Waals surface area contributed by atoms with Gasteiger partial charge in [0.1, 0.15) is 65.5 Å². The number of hydrogen-bond acceptors (Lipinski definition) is 10. The minimum atomic E-state index is -1.28. The lowest BCUT2D eigenvalue weighted by molar-refractivity contribution is 0.582. The Bertz CT molecular complexity index is 2240. The predicted molar refractivity (Wildman–Crippen MR) is 145 cm³/mol. The summed E-state index contributed by atoms with van der Waals surface area (Å²) in [5.74, 6) is -3.47. The summed E-state index contributed by atoms with van der Waals surface area (Å²) in [6.45, 7) is 0. The summed E-state index contributed by atoms with van der Waals surface area (Å²) in [6, 6.07) is 16.4.